The monoisotopic (exact) mass is 263 g/mol. The molecule has 1 nitrogen and oxygen atoms in total. The molecule has 0 bridgehead atoms. The summed E-state index contributed by atoms with van der Waals surface area (Å²) >= 11 is 3.58. The standard InChI is InChI=1S/C14H17NS2/c1-16-14-7-3-2-6-12(14)13(15)9-8-11-5-4-10-17-11/h2-7,10,13H,8-9,15H2,1H3. The van der Waals surface area contributed by atoms with E-state index in [1.54, 1.807) is 11.8 Å². The summed E-state index contributed by atoms with van der Waals surface area (Å²) < 4.78 is 0. The van der Waals surface area contributed by atoms with E-state index in [9.17, 15) is 0 Å². The number of hydrogen-bond donors (Lipinski definition) is 1. The number of hydrogen-bond acceptors (Lipinski definition) is 3. The van der Waals surface area contributed by atoms with Crippen LogP contribution in [0.4, 0.5) is 0 Å². The first-order valence-electron chi connectivity index (χ1n) is 5.72. The number of thioether (sulfide) groups is 1. The Labute approximate surface area is 111 Å². The van der Waals surface area contributed by atoms with E-state index in [2.05, 4.69) is 48.0 Å². The van der Waals surface area contributed by atoms with E-state index in [1.165, 1.54) is 15.3 Å². The Morgan fingerprint density at radius 1 is 1.24 bits per heavy atom. The third-order valence-corrected chi connectivity index (χ3v) is 4.57. The van der Waals surface area contributed by atoms with Crippen molar-refractivity contribution in [3.8, 4) is 0 Å². The second-order valence-electron chi connectivity index (χ2n) is 3.97. The van der Waals surface area contributed by atoms with Gasteiger partial charge >= 0.3 is 0 Å². The molecule has 1 aromatic heterocycles. The minimum absolute atomic E-state index is 0.140. The van der Waals surface area contributed by atoms with E-state index in [0.29, 0.717) is 0 Å². The van der Waals surface area contributed by atoms with E-state index in [0.717, 1.165) is 12.8 Å². The van der Waals surface area contributed by atoms with Gasteiger partial charge in [0.1, 0.15) is 0 Å². The smallest absolute Gasteiger partial charge is 0.0309 e. The molecule has 0 fully saturated rings. The number of rotatable bonds is 5. The van der Waals surface area contributed by atoms with Gasteiger partial charge in [0.05, 0.1) is 0 Å². The minimum atomic E-state index is 0.140. The fourth-order valence-electron chi connectivity index (χ4n) is 1.88. The van der Waals surface area contributed by atoms with Crippen molar-refractivity contribution in [2.75, 3.05) is 6.26 Å². The highest BCUT2D eigenvalue weighted by Gasteiger charge is 2.10. The van der Waals surface area contributed by atoms with Gasteiger partial charge in [-0.05, 0) is 42.2 Å². The third kappa shape index (κ3) is 3.35. The number of thiophene rings is 1. The Morgan fingerprint density at radius 3 is 2.76 bits per heavy atom. The molecule has 1 atom stereocenters. The molecule has 3 heteroatoms. The molecular formula is C14H17NS2. The lowest BCUT2D eigenvalue weighted by molar-refractivity contribution is 0.645. The molecule has 1 unspecified atom stereocenters. The predicted molar refractivity (Wildman–Crippen MR) is 77.8 cm³/mol. The molecule has 1 heterocycles. The van der Waals surface area contributed by atoms with Crippen LogP contribution >= 0.6 is 23.1 Å². The topological polar surface area (TPSA) is 26.0 Å². The molecule has 90 valence electrons. The lowest BCUT2D eigenvalue weighted by Crippen LogP contribution is -2.12. The average molecular weight is 263 g/mol. The first-order valence-corrected chi connectivity index (χ1v) is 7.82. The van der Waals surface area contributed by atoms with E-state index in [4.69, 9.17) is 5.73 Å². The number of nitrogens with two attached hydrogens (primary N) is 1. The summed E-state index contributed by atoms with van der Waals surface area (Å²) in [6, 6.07) is 12.8. The summed E-state index contributed by atoms with van der Waals surface area (Å²) in [5.74, 6) is 0. The fourth-order valence-corrected chi connectivity index (χ4v) is 3.28. The number of benzene rings is 1. The second kappa shape index (κ2) is 6.24. The summed E-state index contributed by atoms with van der Waals surface area (Å²) in [4.78, 5) is 2.72. The molecular weight excluding hydrogens is 246 g/mol. The Hall–Kier alpha value is -0.770. The molecule has 0 aliphatic heterocycles. The molecule has 0 aliphatic carbocycles. The summed E-state index contributed by atoms with van der Waals surface area (Å²) in [5.41, 5.74) is 7.55. The van der Waals surface area contributed by atoms with Gasteiger partial charge in [-0.1, -0.05) is 24.3 Å². The van der Waals surface area contributed by atoms with Crippen molar-refractivity contribution in [3.63, 3.8) is 0 Å². The summed E-state index contributed by atoms with van der Waals surface area (Å²) in [7, 11) is 0. The van der Waals surface area contributed by atoms with Gasteiger partial charge in [0.25, 0.3) is 0 Å². The molecule has 0 amide bonds. The summed E-state index contributed by atoms with van der Waals surface area (Å²) in [5, 5.41) is 2.12. The Morgan fingerprint density at radius 2 is 2.06 bits per heavy atom. The zero-order chi connectivity index (χ0) is 12.1. The highest BCUT2D eigenvalue weighted by Crippen LogP contribution is 2.27. The molecule has 0 saturated carbocycles. The van der Waals surface area contributed by atoms with Crippen LogP contribution in [0.5, 0.6) is 0 Å². The number of aryl methyl sites for hydroxylation is 1. The molecule has 0 saturated heterocycles. The zero-order valence-electron chi connectivity index (χ0n) is 9.93. The van der Waals surface area contributed by atoms with Crippen LogP contribution in [-0.4, -0.2) is 6.26 Å². The van der Waals surface area contributed by atoms with Crippen LogP contribution in [0.1, 0.15) is 22.9 Å². The molecule has 2 aromatic rings. The van der Waals surface area contributed by atoms with Crippen LogP contribution in [0.25, 0.3) is 0 Å². The zero-order valence-corrected chi connectivity index (χ0v) is 11.6. The van der Waals surface area contributed by atoms with Crippen LogP contribution in [0.2, 0.25) is 0 Å². The van der Waals surface area contributed by atoms with Crippen molar-refractivity contribution >= 4 is 23.1 Å². The van der Waals surface area contributed by atoms with Crippen molar-refractivity contribution in [2.45, 2.75) is 23.8 Å². The van der Waals surface area contributed by atoms with Gasteiger partial charge in [0.2, 0.25) is 0 Å². The molecule has 0 radical (unpaired) electrons. The fraction of sp³-hybridized carbons (Fsp3) is 0.286. The van der Waals surface area contributed by atoms with E-state index < -0.39 is 0 Å². The van der Waals surface area contributed by atoms with Gasteiger partial charge in [-0.15, -0.1) is 23.1 Å². The highest BCUT2D eigenvalue weighted by atomic mass is 32.2. The van der Waals surface area contributed by atoms with E-state index in [-0.39, 0.29) is 6.04 Å². The molecule has 2 rings (SSSR count). The largest absolute Gasteiger partial charge is 0.324 e. The van der Waals surface area contributed by atoms with Crippen LogP contribution < -0.4 is 5.73 Å². The first-order chi connectivity index (χ1) is 8.31. The normalized spacial score (nSPS) is 12.6. The van der Waals surface area contributed by atoms with Gasteiger partial charge < -0.3 is 5.73 Å². The van der Waals surface area contributed by atoms with Crippen LogP contribution in [-0.2, 0) is 6.42 Å². The van der Waals surface area contributed by atoms with Crippen molar-refractivity contribution in [2.24, 2.45) is 5.73 Å². The van der Waals surface area contributed by atoms with Crippen molar-refractivity contribution in [3.05, 3.63) is 52.2 Å². The molecule has 17 heavy (non-hydrogen) atoms. The van der Waals surface area contributed by atoms with Gasteiger partial charge in [0.15, 0.2) is 0 Å². The van der Waals surface area contributed by atoms with Crippen molar-refractivity contribution < 1.29 is 0 Å². The Bertz CT molecular complexity index is 451. The predicted octanol–water partition coefficient (Wildman–Crippen LogP) is 4.10. The van der Waals surface area contributed by atoms with Crippen molar-refractivity contribution in [1.29, 1.82) is 0 Å². The van der Waals surface area contributed by atoms with Gasteiger partial charge in [-0.3, -0.25) is 0 Å². The maximum Gasteiger partial charge on any atom is 0.0309 e. The SMILES string of the molecule is CSc1ccccc1C(N)CCc1cccs1. The average Bonchev–Trinajstić information content (AvgIpc) is 2.89. The third-order valence-electron chi connectivity index (χ3n) is 2.82. The van der Waals surface area contributed by atoms with Gasteiger partial charge in [0, 0.05) is 15.8 Å². The second-order valence-corrected chi connectivity index (χ2v) is 5.85. The van der Waals surface area contributed by atoms with Gasteiger partial charge in [-0.2, -0.15) is 0 Å². The lowest BCUT2D eigenvalue weighted by Gasteiger charge is -2.14. The maximum atomic E-state index is 6.28. The molecule has 2 N–H and O–H groups in total. The van der Waals surface area contributed by atoms with Gasteiger partial charge in [-0.25, -0.2) is 0 Å². The molecule has 0 spiro atoms. The highest BCUT2D eigenvalue weighted by molar-refractivity contribution is 7.98. The summed E-state index contributed by atoms with van der Waals surface area (Å²) in [6.07, 6.45) is 4.18. The quantitative estimate of drug-likeness (QED) is 0.822. The van der Waals surface area contributed by atoms with Crippen LogP contribution in [0.15, 0.2) is 46.7 Å². The lowest BCUT2D eigenvalue weighted by atomic mass is 10.0. The van der Waals surface area contributed by atoms with Crippen molar-refractivity contribution in [1.82, 2.24) is 0 Å². The Balaban J connectivity index is 2.01. The van der Waals surface area contributed by atoms with Crippen LogP contribution in [0.3, 0.4) is 0 Å². The molecule has 0 aliphatic rings. The Kier molecular flexibility index (Phi) is 4.66. The van der Waals surface area contributed by atoms with Crippen LogP contribution in [0, 0.1) is 0 Å². The first kappa shape index (κ1) is 12.7. The minimum Gasteiger partial charge on any atom is -0.324 e. The van der Waals surface area contributed by atoms with E-state index in [1.807, 2.05) is 11.3 Å². The molecule has 1 aromatic carbocycles. The maximum absolute atomic E-state index is 6.28. The van der Waals surface area contributed by atoms with E-state index >= 15 is 0 Å². The summed E-state index contributed by atoms with van der Waals surface area (Å²) in [6.45, 7) is 0.